The number of hydrogen-bond acceptors (Lipinski definition) is 5. The number of imidazole rings is 1. The van der Waals surface area contributed by atoms with Crippen molar-refractivity contribution < 1.29 is 14.4 Å². The lowest BCUT2D eigenvalue weighted by Crippen LogP contribution is -2.60. The van der Waals surface area contributed by atoms with Gasteiger partial charge in [0.15, 0.2) is 5.12 Å². The third-order valence-electron chi connectivity index (χ3n) is 5.63. The number of fused-ring (bicyclic) bond motifs is 3. The summed E-state index contributed by atoms with van der Waals surface area (Å²) in [7, 11) is 3.41. The van der Waals surface area contributed by atoms with E-state index in [0.29, 0.717) is 6.42 Å². The molecule has 1 aromatic rings. The molecule has 0 N–H and O–H groups in total. The van der Waals surface area contributed by atoms with Gasteiger partial charge in [0.05, 0.1) is 20.4 Å². The number of aromatic nitrogens is 2. The van der Waals surface area contributed by atoms with Crippen molar-refractivity contribution in [3.63, 3.8) is 0 Å². The van der Waals surface area contributed by atoms with E-state index in [0.717, 1.165) is 34.4 Å². The molecule has 27 heavy (non-hydrogen) atoms. The average molecular weight is 386 g/mol. The lowest BCUT2D eigenvalue weighted by Gasteiger charge is -2.42. The molecule has 1 aromatic heterocycles. The van der Waals surface area contributed by atoms with Crippen LogP contribution in [0, 0.1) is 0 Å². The quantitative estimate of drug-likeness (QED) is 0.574. The molecule has 2 unspecified atom stereocenters. The zero-order chi connectivity index (χ0) is 19.4. The second-order valence-electron chi connectivity index (χ2n) is 6.99. The summed E-state index contributed by atoms with van der Waals surface area (Å²) in [6, 6.07) is 0. The maximum atomic E-state index is 12.2. The summed E-state index contributed by atoms with van der Waals surface area (Å²) in [5, 5.41) is 0.922. The molecule has 0 bridgehead atoms. The summed E-state index contributed by atoms with van der Waals surface area (Å²) in [5.41, 5.74) is 2.81. The van der Waals surface area contributed by atoms with Gasteiger partial charge in [-0.2, -0.15) is 9.82 Å². The molecular formula is C20H24N3O3S+. The smallest absolute Gasteiger partial charge is 0.354 e. The lowest BCUT2D eigenvalue weighted by molar-refractivity contribution is -0.118. The van der Waals surface area contributed by atoms with Crippen molar-refractivity contribution in [3.8, 4) is 0 Å². The molecular weight excluding hydrogens is 362 g/mol. The number of hydroxylamine groups is 2. The number of carbonyl (C=O) groups excluding carboxylic acids is 1. The van der Waals surface area contributed by atoms with Crippen LogP contribution >= 0.6 is 11.8 Å². The average Bonchev–Trinajstić information content (AvgIpc) is 3.16. The van der Waals surface area contributed by atoms with Crippen molar-refractivity contribution in [3.05, 3.63) is 47.5 Å². The zero-order valence-corrected chi connectivity index (χ0v) is 17.1. The van der Waals surface area contributed by atoms with Crippen molar-refractivity contribution >= 4 is 28.5 Å². The third kappa shape index (κ3) is 2.16. The van der Waals surface area contributed by atoms with Gasteiger partial charge in [-0.3, -0.25) is 4.79 Å². The predicted octanol–water partition coefficient (Wildman–Crippen LogP) is 4.17. The summed E-state index contributed by atoms with van der Waals surface area (Å²) >= 11 is 1.23. The van der Waals surface area contributed by atoms with E-state index in [1.54, 1.807) is 20.4 Å². The molecule has 1 aliphatic carbocycles. The highest BCUT2D eigenvalue weighted by atomic mass is 32.2. The van der Waals surface area contributed by atoms with Crippen LogP contribution in [-0.4, -0.2) is 34.4 Å². The molecule has 3 aliphatic rings. The van der Waals surface area contributed by atoms with E-state index in [1.165, 1.54) is 17.3 Å². The van der Waals surface area contributed by atoms with Crippen LogP contribution in [0.25, 0.3) is 5.70 Å². The van der Waals surface area contributed by atoms with E-state index in [2.05, 4.69) is 30.6 Å². The number of thioether (sulfide) groups is 1. The highest BCUT2D eigenvalue weighted by Gasteiger charge is 2.67. The first-order chi connectivity index (χ1) is 13.0. The largest absolute Gasteiger partial charge is 0.496 e. The van der Waals surface area contributed by atoms with Gasteiger partial charge in [-0.1, -0.05) is 17.6 Å². The number of methoxy groups -OCH3 is 1. The molecule has 0 fully saturated rings. The van der Waals surface area contributed by atoms with Gasteiger partial charge in [-0.15, -0.1) is 0 Å². The first-order valence-corrected chi connectivity index (χ1v) is 9.84. The van der Waals surface area contributed by atoms with Gasteiger partial charge >= 0.3 is 5.95 Å². The molecule has 6 nitrogen and oxygen atoms in total. The molecule has 2 atom stereocenters. The molecule has 2 aliphatic heterocycles. The molecule has 3 heterocycles. The van der Waals surface area contributed by atoms with Gasteiger partial charge in [0, 0.05) is 18.4 Å². The van der Waals surface area contributed by atoms with Crippen molar-refractivity contribution in [2.24, 2.45) is 0 Å². The summed E-state index contributed by atoms with van der Waals surface area (Å²) in [6.07, 6.45) is 11.2. The fourth-order valence-electron chi connectivity index (χ4n) is 4.63. The Hall–Kier alpha value is -2.09. The van der Waals surface area contributed by atoms with Crippen LogP contribution in [0.3, 0.4) is 0 Å². The maximum absolute atomic E-state index is 12.2. The van der Waals surface area contributed by atoms with Crippen LogP contribution in [0.5, 0.6) is 0 Å². The topological polar surface area (TPSA) is 53.4 Å². The van der Waals surface area contributed by atoms with Crippen LogP contribution < -0.4 is 4.65 Å². The molecule has 0 amide bonds. The Labute approximate surface area is 163 Å². The monoisotopic (exact) mass is 386 g/mol. The summed E-state index contributed by atoms with van der Waals surface area (Å²) in [6.45, 7) is 6.04. The van der Waals surface area contributed by atoms with Crippen molar-refractivity contribution in [2.75, 3.05) is 14.2 Å². The van der Waals surface area contributed by atoms with E-state index in [9.17, 15) is 4.79 Å². The molecule has 0 aromatic carbocycles. The number of nitrogens with zero attached hydrogens (tertiary/aromatic N) is 3. The second-order valence-corrected chi connectivity index (χ2v) is 8.07. The molecule has 142 valence electrons. The zero-order valence-electron chi connectivity index (χ0n) is 16.3. The number of hydrogen-bond donors (Lipinski definition) is 0. The van der Waals surface area contributed by atoms with Crippen molar-refractivity contribution in [2.45, 2.75) is 44.2 Å². The number of carbonyl (C=O) groups is 1. The summed E-state index contributed by atoms with van der Waals surface area (Å²) in [5.74, 6) is 1.65. The second kappa shape index (κ2) is 6.22. The van der Waals surface area contributed by atoms with E-state index >= 15 is 0 Å². The first kappa shape index (κ1) is 18.3. The molecule has 0 radical (unpaired) electrons. The molecule has 0 saturated heterocycles. The van der Waals surface area contributed by atoms with E-state index < -0.39 is 5.54 Å². The third-order valence-corrected chi connectivity index (χ3v) is 6.64. The van der Waals surface area contributed by atoms with Crippen molar-refractivity contribution in [1.82, 2.24) is 14.2 Å². The normalized spacial score (nSPS) is 28.3. The van der Waals surface area contributed by atoms with Gasteiger partial charge in [0.2, 0.25) is 5.54 Å². The molecule has 4 rings (SSSR count). The Morgan fingerprint density at radius 3 is 2.81 bits per heavy atom. The number of rotatable bonds is 4. The van der Waals surface area contributed by atoms with E-state index in [1.807, 2.05) is 19.2 Å². The Morgan fingerprint density at radius 1 is 1.37 bits per heavy atom. The number of quaternary nitrogens is 1. The minimum Gasteiger partial charge on any atom is -0.496 e. The lowest BCUT2D eigenvalue weighted by atomic mass is 9.78. The van der Waals surface area contributed by atoms with Gasteiger partial charge in [-0.05, 0) is 43.3 Å². The standard InChI is InChI=1S/C20H24N3O3S/c1-6-16(24)27-15-12-21-19-22(15)18-14(3)17(25-4)13(2)11-20(18)9-7-8-10-23(19,20)26-5/h7-10,12H,6,11H2,1-5H3/q+1. The van der Waals surface area contributed by atoms with E-state index in [-0.39, 0.29) is 9.76 Å². The van der Waals surface area contributed by atoms with Gasteiger partial charge in [-0.25, -0.2) is 4.57 Å². The first-order valence-electron chi connectivity index (χ1n) is 9.02. The number of allylic oxidation sites excluding steroid dienone is 3. The number of ether oxygens (including phenoxy) is 1. The Bertz CT molecular complexity index is 956. The highest BCUT2D eigenvalue weighted by Crippen LogP contribution is 2.58. The van der Waals surface area contributed by atoms with Crippen LogP contribution in [0.2, 0.25) is 0 Å². The summed E-state index contributed by atoms with van der Waals surface area (Å²) in [4.78, 5) is 23.0. The van der Waals surface area contributed by atoms with E-state index in [4.69, 9.17) is 14.6 Å². The van der Waals surface area contributed by atoms with Crippen LogP contribution in [0.15, 0.2) is 52.6 Å². The van der Waals surface area contributed by atoms with Crippen LogP contribution in [0.4, 0.5) is 5.95 Å². The van der Waals surface area contributed by atoms with Gasteiger partial charge < -0.3 is 4.74 Å². The van der Waals surface area contributed by atoms with Gasteiger partial charge in [0.25, 0.3) is 0 Å². The van der Waals surface area contributed by atoms with Crippen LogP contribution in [-0.2, 0) is 14.4 Å². The SMILES string of the molecule is CCC(=O)Sc1cnc2n1C1=C(C)C(OC)=C(C)CC13C=CC=C[N+]23OC. The molecule has 1 spiro atoms. The molecule has 0 saturated carbocycles. The summed E-state index contributed by atoms with van der Waals surface area (Å²) < 4.78 is 7.96. The minimum atomic E-state index is -0.464. The Balaban J connectivity index is 2.05. The Morgan fingerprint density at radius 2 is 2.15 bits per heavy atom. The fourth-order valence-corrected chi connectivity index (χ4v) is 5.38. The highest BCUT2D eigenvalue weighted by molar-refractivity contribution is 8.13. The predicted molar refractivity (Wildman–Crippen MR) is 106 cm³/mol. The van der Waals surface area contributed by atoms with Gasteiger partial charge in [0.1, 0.15) is 22.7 Å². The minimum absolute atomic E-state index is 0.111. The molecule has 7 heteroatoms. The maximum Gasteiger partial charge on any atom is 0.354 e. The van der Waals surface area contributed by atoms with Crippen molar-refractivity contribution in [1.29, 1.82) is 0 Å². The van der Waals surface area contributed by atoms with Crippen LogP contribution in [0.1, 0.15) is 33.6 Å². The Kier molecular flexibility index (Phi) is 4.21. The fraction of sp³-hybridized carbons (Fsp3) is 0.400.